The number of rotatable bonds is 4. The number of nitrogens with one attached hydrogen (secondary N) is 2. The van der Waals surface area contributed by atoms with Crippen LogP contribution >= 0.6 is 0 Å². The van der Waals surface area contributed by atoms with Crippen molar-refractivity contribution in [1.29, 1.82) is 0 Å². The smallest absolute Gasteiger partial charge is 0.112 e. The monoisotopic (exact) mass is 377 g/mol. The first-order chi connectivity index (χ1) is 13.7. The van der Waals surface area contributed by atoms with Gasteiger partial charge in [0, 0.05) is 34.7 Å². The Hall–Kier alpha value is -2.11. The molecule has 5 nitrogen and oxygen atoms in total. The van der Waals surface area contributed by atoms with Crippen molar-refractivity contribution < 1.29 is 0 Å². The van der Waals surface area contributed by atoms with Gasteiger partial charge in [-0.1, -0.05) is 6.07 Å². The molecule has 0 saturated carbocycles. The highest BCUT2D eigenvalue weighted by molar-refractivity contribution is 5.86. The van der Waals surface area contributed by atoms with E-state index in [-0.39, 0.29) is 0 Å². The van der Waals surface area contributed by atoms with Crippen LogP contribution in [0.25, 0.3) is 22.3 Å². The SMILES string of the molecule is CN1CCC(N(C)Cc2ccc3[nH]c(-c4n[nH]c5c4CCCC5)cc3c2)CC1. The summed E-state index contributed by atoms with van der Waals surface area (Å²) in [6.45, 7) is 3.44. The Bertz CT molecular complexity index is 961. The average molecular weight is 378 g/mol. The molecule has 1 aliphatic heterocycles. The molecule has 2 aliphatic rings. The van der Waals surface area contributed by atoms with Crippen LogP contribution in [0.1, 0.15) is 42.5 Å². The Labute approximate surface area is 167 Å². The highest BCUT2D eigenvalue weighted by Crippen LogP contribution is 2.31. The van der Waals surface area contributed by atoms with Crippen LogP contribution < -0.4 is 0 Å². The van der Waals surface area contributed by atoms with E-state index in [1.165, 1.54) is 66.5 Å². The van der Waals surface area contributed by atoms with Crippen molar-refractivity contribution >= 4 is 10.9 Å². The van der Waals surface area contributed by atoms with Crippen LogP contribution in [-0.2, 0) is 19.4 Å². The number of H-pyrrole nitrogens is 2. The summed E-state index contributed by atoms with van der Waals surface area (Å²) in [6.07, 6.45) is 7.36. The van der Waals surface area contributed by atoms with Gasteiger partial charge in [0.15, 0.2) is 0 Å². The molecule has 3 aromatic rings. The van der Waals surface area contributed by atoms with E-state index in [2.05, 4.69) is 63.3 Å². The van der Waals surface area contributed by atoms with E-state index in [4.69, 9.17) is 0 Å². The Morgan fingerprint density at radius 2 is 1.96 bits per heavy atom. The van der Waals surface area contributed by atoms with E-state index in [0.717, 1.165) is 30.8 Å². The fraction of sp³-hybridized carbons (Fsp3) is 0.522. The molecule has 1 fully saturated rings. The molecule has 1 aliphatic carbocycles. The number of hydrogen-bond acceptors (Lipinski definition) is 3. The summed E-state index contributed by atoms with van der Waals surface area (Å²) >= 11 is 0. The largest absolute Gasteiger partial charge is 0.353 e. The number of piperidine rings is 1. The maximum absolute atomic E-state index is 4.63. The van der Waals surface area contributed by atoms with Gasteiger partial charge in [0.05, 0.1) is 5.69 Å². The molecule has 0 amide bonds. The molecule has 5 rings (SSSR count). The predicted octanol–water partition coefficient (Wildman–Crippen LogP) is 3.96. The average Bonchev–Trinajstić information content (AvgIpc) is 3.31. The Morgan fingerprint density at radius 1 is 1.14 bits per heavy atom. The molecule has 1 saturated heterocycles. The molecule has 28 heavy (non-hydrogen) atoms. The number of nitrogens with zero attached hydrogens (tertiary/aromatic N) is 3. The second kappa shape index (κ2) is 7.37. The Morgan fingerprint density at radius 3 is 2.82 bits per heavy atom. The molecule has 3 heterocycles. The molecule has 1 aromatic carbocycles. The number of benzene rings is 1. The summed E-state index contributed by atoms with van der Waals surface area (Å²) in [5, 5.41) is 9.19. The van der Waals surface area contributed by atoms with E-state index in [0.29, 0.717) is 6.04 Å². The first kappa shape index (κ1) is 18.0. The van der Waals surface area contributed by atoms with Gasteiger partial charge in [-0.2, -0.15) is 5.10 Å². The summed E-state index contributed by atoms with van der Waals surface area (Å²) in [6, 6.07) is 9.83. The van der Waals surface area contributed by atoms with Gasteiger partial charge in [-0.15, -0.1) is 0 Å². The van der Waals surface area contributed by atoms with Crippen LogP contribution in [0.3, 0.4) is 0 Å². The van der Waals surface area contributed by atoms with Crippen molar-refractivity contribution in [2.75, 3.05) is 27.2 Å². The third kappa shape index (κ3) is 3.38. The van der Waals surface area contributed by atoms with Crippen molar-refractivity contribution in [3.05, 3.63) is 41.1 Å². The lowest BCUT2D eigenvalue weighted by Crippen LogP contribution is -2.41. The number of hydrogen-bond donors (Lipinski definition) is 2. The Kier molecular flexibility index (Phi) is 4.73. The Balaban J connectivity index is 1.36. The minimum absolute atomic E-state index is 0.698. The van der Waals surface area contributed by atoms with Gasteiger partial charge >= 0.3 is 0 Å². The molecule has 2 aromatic heterocycles. The van der Waals surface area contributed by atoms with E-state index in [1.807, 2.05) is 0 Å². The number of aromatic nitrogens is 3. The van der Waals surface area contributed by atoms with Gasteiger partial charge in [-0.3, -0.25) is 10.00 Å². The second-order valence-corrected chi connectivity index (χ2v) is 8.79. The summed E-state index contributed by atoms with van der Waals surface area (Å²) in [5.41, 5.74) is 7.61. The van der Waals surface area contributed by atoms with Crippen molar-refractivity contribution in [3.63, 3.8) is 0 Å². The lowest BCUT2D eigenvalue weighted by molar-refractivity contribution is 0.139. The molecule has 0 atom stereocenters. The molecule has 2 N–H and O–H groups in total. The molecule has 0 bridgehead atoms. The zero-order valence-corrected chi connectivity index (χ0v) is 17.1. The topological polar surface area (TPSA) is 50.9 Å². The highest BCUT2D eigenvalue weighted by Gasteiger charge is 2.21. The molecule has 0 radical (unpaired) electrons. The van der Waals surface area contributed by atoms with Crippen molar-refractivity contribution in [2.45, 2.75) is 51.1 Å². The molecule has 0 spiro atoms. The minimum Gasteiger partial charge on any atom is -0.353 e. The summed E-state index contributed by atoms with van der Waals surface area (Å²) in [5.74, 6) is 0. The van der Waals surface area contributed by atoms with Gasteiger partial charge in [0.2, 0.25) is 0 Å². The first-order valence-corrected chi connectivity index (χ1v) is 10.7. The second-order valence-electron chi connectivity index (χ2n) is 8.79. The van der Waals surface area contributed by atoms with E-state index in [1.54, 1.807) is 0 Å². The summed E-state index contributed by atoms with van der Waals surface area (Å²) in [4.78, 5) is 8.56. The van der Waals surface area contributed by atoms with Crippen LogP contribution in [0, 0.1) is 0 Å². The summed E-state index contributed by atoms with van der Waals surface area (Å²) < 4.78 is 0. The number of aryl methyl sites for hydroxylation is 1. The normalized spacial score (nSPS) is 18.8. The van der Waals surface area contributed by atoms with Crippen LogP contribution in [0.2, 0.25) is 0 Å². The number of fused-ring (bicyclic) bond motifs is 2. The quantitative estimate of drug-likeness (QED) is 0.723. The lowest BCUT2D eigenvalue weighted by atomic mass is 9.95. The zero-order valence-electron chi connectivity index (χ0n) is 17.1. The van der Waals surface area contributed by atoms with E-state index >= 15 is 0 Å². The van der Waals surface area contributed by atoms with Gasteiger partial charge in [-0.05, 0) is 89.5 Å². The lowest BCUT2D eigenvalue weighted by Gasteiger charge is -2.35. The standard InChI is InChI=1S/C23H31N5/c1-27-11-9-18(10-12-27)28(2)15-16-7-8-20-17(13-16)14-22(24-20)23-19-5-3-4-6-21(19)25-26-23/h7-8,13-14,18,24H,3-6,9-12,15H2,1-2H3,(H,25,26). The van der Waals surface area contributed by atoms with Crippen molar-refractivity contribution in [1.82, 2.24) is 25.0 Å². The van der Waals surface area contributed by atoms with Gasteiger partial charge in [0.1, 0.15) is 5.69 Å². The van der Waals surface area contributed by atoms with Crippen LogP contribution in [0.15, 0.2) is 24.3 Å². The van der Waals surface area contributed by atoms with E-state index < -0.39 is 0 Å². The fourth-order valence-corrected chi connectivity index (χ4v) is 4.96. The third-order valence-electron chi connectivity index (χ3n) is 6.74. The van der Waals surface area contributed by atoms with Gasteiger partial charge < -0.3 is 9.88 Å². The predicted molar refractivity (Wildman–Crippen MR) is 115 cm³/mol. The number of aromatic amines is 2. The molecular weight excluding hydrogens is 346 g/mol. The molecule has 0 unspecified atom stereocenters. The van der Waals surface area contributed by atoms with Crippen LogP contribution in [0.5, 0.6) is 0 Å². The van der Waals surface area contributed by atoms with Crippen LogP contribution in [0.4, 0.5) is 0 Å². The maximum atomic E-state index is 4.63. The van der Waals surface area contributed by atoms with Crippen molar-refractivity contribution in [2.24, 2.45) is 0 Å². The maximum Gasteiger partial charge on any atom is 0.112 e. The molecule has 148 valence electrons. The minimum atomic E-state index is 0.698. The summed E-state index contributed by atoms with van der Waals surface area (Å²) in [7, 11) is 4.50. The van der Waals surface area contributed by atoms with Gasteiger partial charge in [-0.25, -0.2) is 0 Å². The highest BCUT2D eigenvalue weighted by atomic mass is 15.2. The molecular formula is C23H31N5. The van der Waals surface area contributed by atoms with Crippen molar-refractivity contribution in [3.8, 4) is 11.4 Å². The first-order valence-electron chi connectivity index (χ1n) is 10.7. The third-order valence-corrected chi connectivity index (χ3v) is 6.74. The number of likely N-dealkylation sites (tertiary alicyclic amines) is 1. The van der Waals surface area contributed by atoms with E-state index in [9.17, 15) is 0 Å². The van der Waals surface area contributed by atoms with Crippen LogP contribution in [-0.4, -0.2) is 58.2 Å². The zero-order chi connectivity index (χ0) is 19.1. The molecule has 5 heteroatoms. The van der Waals surface area contributed by atoms with Gasteiger partial charge in [0.25, 0.3) is 0 Å². The fourth-order valence-electron chi connectivity index (χ4n) is 4.96.